The third kappa shape index (κ3) is 2.35. The highest BCUT2D eigenvalue weighted by molar-refractivity contribution is 5.71. The van der Waals surface area contributed by atoms with E-state index < -0.39 is 0 Å². The van der Waals surface area contributed by atoms with E-state index in [0.717, 1.165) is 5.56 Å². The lowest BCUT2D eigenvalue weighted by Gasteiger charge is -2.22. The van der Waals surface area contributed by atoms with E-state index in [9.17, 15) is 4.79 Å². The van der Waals surface area contributed by atoms with Crippen LogP contribution in [0.3, 0.4) is 0 Å². The third-order valence-corrected chi connectivity index (χ3v) is 2.54. The van der Waals surface area contributed by atoms with E-state index in [2.05, 4.69) is 20.8 Å². The normalized spacial score (nSPS) is 13.6. The van der Waals surface area contributed by atoms with Crippen LogP contribution >= 0.6 is 0 Å². The lowest BCUT2D eigenvalue weighted by atomic mass is 9.86. The van der Waals surface area contributed by atoms with Gasteiger partial charge in [0, 0.05) is 18.6 Å². The van der Waals surface area contributed by atoms with Gasteiger partial charge in [0.1, 0.15) is 5.75 Å². The van der Waals surface area contributed by atoms with Crippen molar-refractivity contribution in [3.8, 4) is 17.2 Å². The van der Waals surface area contributed by atoms with Crippen molar-refractivity contribution in [2.75, 3.05) is 6.79 Å². The van der Waals surface area contributed by atoms with Crippen molar-refractivity contribution < 1.29 is 19.0 Å². The summed E-state index contributed by atoms with van der Waals surface area (Å²) in [6.07, 6.45) is 0. The minimum atomic E-state index is -0.339. The predicted molar refractivity (Wildman–Crippen MR) is 62.6 cm³/mol. The molecule has 0 aliphatic carbocycles. The number of benzene rings is 1. The summed E-state index contributed by atoms with van der Waals surface area (Å²) >= 11 is 0. The highest BCUT2D eigenvalue weighted by Gasteiger charge is 2.25. The number of rotatable bonds is 1. The van der Waals surface area contributed by atoms with Crippen LogP contribution in [0.5, 0.6) is 17.2 Å². The second kappa shape index (κ2) is 3.95. The van der Waals surface area contributed by atoms with Crippen LogP contribution in [0.1, 0.15) is 33.3 Å². The molecule has 0 fully saturated rings. The number of fused-ring (bicyclic) bond motifs is 1. The summed E-state index contributed by atoms with van der Waals surface area (Å²) in [7, 11) is 0. The predicted octanol–water partition coefficient (Wildman–Crippen LogP) is 2.64. The molecule has 1 aromatic carbocycles. The van der Waals surface area contributed by atoms with Crippen LogP contribution < -0.4 is 14.2 Å². The summed E-state index contributed by atoms with van der Waals surface area (Å²) < 4.78 is 15.8. The molecule has 0 atom stereocenters. The van der Waals surface area contributed by atoms with Crippen LogP contribution in [0, 0.1) is 0 Å². The van der Waals surface area contributed by atoms with Gasteiger partial charge in [0.2, 0.25) is 6.79 Å². The van der Waals surface area contributed by atoms with Crippen molar-refractivity contribution >= 4 is 5.97 Å². The Kier molecular flexibility index (Phi) is 2.73. The van der Waals surface area contributed by atoms with Gasteiger partial charge in [-0.25, -0.2) is 0 Å². The molecule has 92 valence electrons. The van der Waals surface area contributed by atoms with Crippen LogP contribution in [0.15, 0.2) is 12.1 Å². The molecule has 2 rings (SSSR count). The molecule has 4 nitrogen and oxygen atoms in total. The minimum Gasteiger partial charge on any atom is -0.454 e. The number of esters is 1. The molecule has 0 unspecified atom stereocenters. The molecule has 0 saturated carbocycles. The number of carbonyl (C=O) groups excluding carboxylic acids is 1. The molecule has 1 heterocycles. The zero-order valence-electron chi connectivity index (χ0n) is 10.5. The standard InChI is InChI=1S/C13H16O4/c1-8(14)17-10-6-12-11(15-7-16-12)5-9(10)13(2,3)4/h5-6H,7H2,1-4H3. The maximum absolute atomic E-state index is 11.1. The van der Waals surface area contributed by atoms with Crippen molar-refractivity contribution in [3.63, 3.8) is 0 Å². The quantitative estimate of drug-likeness (QED) is 0.555. The van der Waals surface area contributed by atoms with Gasteiger partial charge >= 0.3 is 5.97 Å². The van der Waals surface area contributed by atoms with Gasteiger partial charge in [-0.2, -0.15) is 0 Å². The van der Waals surface area contributed by atoms with Crippen LogP contribution in [0.2, 0.25) is 0 Å². The fourth-order valence-corrected chi connectivity index (χ4v) is 1.75. The van der Waals surface area contributed by atoms with Crippen molar-refractivity contribution in [2.45, 2.75) is 33.1 Å². The van der Waals surface area contributed by atoms with Crippen molar-refractivity contribution in [3.05, 3.63) is 17.7 Å². The number of carbonyl (C=O) groups is 1. The minimum absolute atomic E-state index is 0.133. The van der Waals surface area contributed by atoms with Gasteiger partial charge in [-0.1, -0.05) is 20.8 Å². The second-order valence-corrected chi connectivity index (χ2v) is 5.05. The zero-order valence-corrected chi connectivity index (χ0v) is 10.5. The van der Waals surface area contributed by atoms with Crippen molar-refractivity contribution in [1.82, 2.24) is 0 Å². The van der Waals surface area contributed by atoms with Gasteiger partial charge in [0.15, 0.2) is 11.5 Å². The Bertz CT molecular complexity index is 457. The summed E-state index contributed by atoms with van der Waals surface area (Å²) in [6.45, 7) is 7.76. The average Bonchev–Trinajstić information content (AvgIpc) is 2.60. The molecule has 0 N–H and O–H groups in total. The first-order valence-electron chi connectivity index (χ1n) is 5.50. The van der Waals surface area contributed by atoms with E-state index in [1.165, 1.54) is 6.92 Å². The average molecular weight is 236 g/mol. The van der Waals surface area contributed by atoms with Gasteiger partial charge in [-0.05, 0) is 11.5 Å². The molecular weight excluding hydrogens is 220 g/mol. The van der Waals surface area contributed by atoms with Gasteiger partial charge in [-0.3, -0.25) is 4.79 Å². The molecule has 0 bridgehead atoms. The largest absolute Gasteiger partial charge is 0.454 e. The molecule has 0 aromatic heterocycles. The maximum atomic E-state index is 11.1. The second-order valence-electron chi connectivity index (χ2n) is 5.05. The fourth-order valence-electron chi connectivity index (χ4n) is 1.75. The number of ether oxygens (including phenoxy) is 3. The molecule has 0 spiro atoms. The highest BCUT2D eigenvalue weighted by atomic mass is 16.7. The van der Waals surface area contributed by atoms with Crippen LogP contribution in [0.4, 0.5) is 0 Å². The number of hydrogen-bond acceptors (Lipinski definition) is 4. The molecule has 1 aliphatic rings. The first kappa shape index (κ1) is 11.8. The first-order chi connectivity index (χ1) is 7.88. The Labute approximate surface area is 100 Å². The summed E-state index contributed by atoms with van der Waals surface area (Å²) in [6, 6.07) is 3.59. The van der Waals surface area contributed by atoms with Gasteiger partial charge in [0.25, 0.3) is 0 Å². The molecule has 0 radical (unpaired) electrons. The molecular formula is C13H16O4. The van der Waals surface area contributed by atoms with Crippen molar-refractivity contribution in [2.24, 2.45) is 0 Å². The Morgan fingerprint density at radius 1 is 1.24 bits per heavy atom. The Hall–Kier alpha value is -1.71. The topological polar surface area (TPSA) is 44.8 Å². The van der Waals surface area contributed by atoms with Crippen LogP contribution in [-0.2, 0) is 10.2 Å². The van der Waals surface area contributed by atoms with Gasteiger partial charge in [0.05, 0.1) is 0 Å². The first-order valence-corrected chi connectivity index (χ1v) is 5.50. The van der Waals surface area contributed by atoms with E-state index in [1.54, 1.807) is 6.07 Å². The zero-order chi connectivity index (χ0) is 12.6. The van der Waals surface area contributed by atoms with E-state index in [1.807, 2.05) is 6.07 Å². The number of hydrogen-bond donors (Lipinski definition) is 0. The van der Waals surface area contributed by atoms with Gasteiger partial charge < -0.3 is 14.2 Å². The Balaban J connectivity index is 2.51. The molecule has 4 heteroatoms. The molecule has 1 aliphatic heterocycles. The summed E-state index contributed by atoms with van der Waals surface area (Å²) in [5.74, 6) is 1.52. The fraction of sp³-hybridized carbons (Fsp3) is 0.462. The molecule has 1 aromatic rings. The lowest BCUT2D eigenvalue weighted by molar-refractivity contribution is -0.131. The Morgan fingerprint density at radius 3 is 2.35 bits per heavy atom. The Morgan fingerprint density at radius 2 is 1.82 bits per heavy atom. The van der Waals surface area contributed by atoms with Crippen LogP contribution in [0.25, 0.3) is 0 Å². The van der Waals surface area contributed by atoms with E-state index in [0.29, 0.717) is 17.2 Å². The van der Waals surface area contributed by atoms with Crippen LogP contribution in [-0.4, -0.2) is 12.8 Å². The lowest BCUT2D eigenvalue weighted by Crippen LogP contribution is -2.15. The summed E-state index contributed by atoms with van der Waals surface area (Å²) in [5.41, 5.74) is 0.795. The summed E-state index contributed by atoms with van der Waals surface area (Å²) in [4.78, 5) is 11.1. The van der Waals surface area contributed by atoms with Crippen molar-refractivity contribution in [1.29, 1.82) is 0 Å². The third-order valence-electron chi connectivity index (χ3n) is 2.54. The van der Waals surface area contributed by atoms with Gasteiger partial charge in [-0.15, -0.1) is 0 Å². The highest BCUT2D eigenvalue weighted by Crippen LogP contribution is 2.42. The maximum Gasteiger partial charge on any atom is 0.308 e. The molecule has 17 heavy (non-hydrogen) atoms. The summed E-state index contributed by atoms with van der Waals surface area (Å²) in [5, 5.41) is 0. The smallest absolute Gasteiger partial charge is 0.308 e. The SMILES string of the molecule is CC(=O)Oc1cc2c(cc1C(C)(C)C)OCO2. The van der Waals surface area contributed by atoms with E-state index >= 15 is 0 Å². The van der Waals surface area contributed by atoms with E-state index in [-0.39, 0.29) is 18.2 Å². The molecule has 0 amide bonds. The van der Waals surface area contributed by atoms with E-state index in [4.69, 9.17) is 14.2 Å². The monoisotopic (exact) mass is 236 g/mol. The molecule has 0 saturated heterocycles.